The zero-order valence-electron chi connectivity index (χ0n) is 17.4. The van der Waals surface area contributed by atoms with Crippen LogP contribution in [-0.2, 0) is 11.8 Å². The first-order chi connectivity index (χ1) is 16.0. The molecule has 0 aromatic heterocycles. The van der Waals surface area contributed by atoms with Crippen LogP contribution in [0.15, 0.2) is 78.9 Å². The molecule has 0 spiro atoms. The molecule has 1 nitrogen and oxygen atoms in total. The smallest absolute Gasteiger partial charge is 0.416 e. The van der Waals surface area contributed by atoms with Crippen molar-refractivity contribution in [2.45, 2.75) is 11.8 Å². The summed E-state index contributed by atoms with van der Waals surface area (Å²) >= 11 is 0. The van der Waals surface area contributed by atoms with E-state index in [1.165, 1.54) is 12.1 Å². The van der Waals surface area contributed by atoms with E-state index >= 15 is 0 Å². The van der Waals surface area contributed by atoms with Crippen LogP contribution >= 0.6 is 0 Å². The molecule has 1 heterocycles. The molecule has 1 aliphatic heterocycles. The lowest BCUT2D eigenvalue weighted by molar-refractivity contribution is -0.137. The van der Waals surface area contributed by atoms with Gasteiger partial charge in [-0.05, 0) is 65.6 Å². The van der Waals surface area contributed by atoms with Crippen LogP contribution in [0.4, 0.5) is 13.2 Å². The molecule has 0 amide bonds. The fourth-order valence-electron chi connectivity index (χ4n) is 4.81. The van der Waals surface area contributed by atoms with E-state index in [2.05, 4.69) is 18.2 Å². The van der Waals surface area contributed by atoms with E-state index in [9.17, 15) is 13.2 Å². The molecule has 1 atom stereocenters. The predicted octanol–water partition coefficient (Wildman–Crippen LogP) is 7.72. The Hall–Kier alpha value is -3.27. The molecule has 2 aliphatic rings. The highest BCUT2D eigenvalue weighted by atomic mass is 19.4. The average Bonchev–Trinajstić information content (AvgIpc) is 3.39. The number of ether oxygens (including phenoxy) is 1. The number of hydrogen-bond acceptors (Lipinski definition) is 1. The fraction of sp³-hybridized carbons (Fsp3) is 0.0690. The largest absolute Gasteiger partial charge is 0.477 e. The Morgan fingerprint density at radius 2 is 1.24 bits per heavy atom. The van der Waals surface area contributed by atoms with E-state index in [4.69, 9.17) is 4.74 Å². The number of rotatable bonds is 2. The maximum absolute atomic E-state index is 13.2. The zero-order chi connectivity index (χ0) is 22.6. The highest BCUT2D eigenvalue weighted by Gasteiger charge is 2.45. The molecule has 1 aliphatic carbocycles. The third-order valence-electron chi connectivity index (χ3n) is 6.40. The average molecular weight is 439 g/mol. The second kappa shape index (κ2) is 7.38. The van der Waals surface area contributed by atoms with Crippen molar-refractivity contribution >= 4 is 27.6 Å². The van der Waals surface area contributed by atoms with Gasteiger partial charge in [-0.15, -0.1) is 0 Å². The first-order valence-corrected chi connectivity index (χ1v) is 10.7. The van der Waals surface area contributed by atoms with Crippen LogP contribution in [0, 0.1) is 31.6 Å². The van der Waals surface area contributed by atoms with E-state index < -0.39 is 17.3 Å². The van der Waals surface area contributed by atoms with Gasteiger partial charge in [-0.2, -0.15) is 13.2 Å². The van der Waals surface area contributed by atoms with Gasteiger partial charge in [0, 0.05) is 16.9 Å². The molecule has 161 valence electrons. The summed E-state index contributed by atoms with van der Waals surface area (Å²) in [6.45, 7) is 0. The van der Waals surface area contributed by atoms with Crippen molar-refractivity contribution in [3.8, 4) is 5.75 Å². The fourth-order valence-corrected chi connectivity index (χ4v) is 4.81. The van der Waals surface area contributed by atoms with Crippen LogP contribution in [0.5, 0.6) is 5.75 Å². The molecule has 6 rings (SSSR count). The Balaban J connectivity index is 1.58. The number of hydrogen-bond donors (Lipinski definition) is 0. The Bertz CT molecular complexity index is 1380. The number of alkyl halides is 3. The molecular weight excluding hydrogens is 421 g/mol. The van der Waals surface area contributed by atoms with E-state index in [0.29, 0.717) is 5.56 Å². The van der Waals surface area contributed by atoms with Gasteiger partial charge >= 0.3 is 6.18 Å². The monoisotopic (exact) mass is 439 g/mol. The minimum Gasteiger partial charge on any atom is -0.477 e. The lowest BCUT2D eigenvalue weighted by atomic mass is 9.77. The summed E-state index contributed by atoms with van der Waals surface area (Å²) < 4.78 is 46.4. The van der Waals surface area contributed by atoms with Gasteiger partial charge in [-0.3, -0.25) is 0 Å². The molecule has 4 aromatic rings. The van der Waals surface area contributed by atoms with Gasteiger partial charge in [0.15, 0.2) is 5.60 Å². The highest BCUT2D eigenvalue weighted by Crippen LogP contribution is 2.51. The Morgan fingerprint density at radius 1 is 0.667 bits per heavy atom. The minimum absolute atomic E-state index is 0.640. The van der Waals surface area contributed by atoms with Crippen LogP contribution < -0.4 is 4.74 Å². The third-order valence-corrected chi connectivity index (χ3v) is 6.40. The molecule has 1 saturated carbocycles. The quantitative estimate of drug-likeness (QED) is 0.291. The molecule has 1 fully saturated rings. The van der Waals surface area contributed by atoms with Gasteiger partial charge in [0.1, 0.15) is 5.75 Å². The lowest BCUT2D eigenvalue weighted by Crippen LogP contribution is -2.39. The second-order valence-electron chi connectivity index (χ2n) is 8.25. The van der Waals surface area contributed by atoms with Crippen molar-refractivity contribution in [3.63, 3.8) is 0 Å². The summed E-state index contributed by atoms with van der Waals surface area (Å²) in [7, 11) is 0. The van der Waals surface area contributed by atoms with Crippen LogP contribution in [-0.4, -0.2) is 0 Å². The number of benzene rings is 4. The summed E-state index contributed by atoms with van der Waals surface area (Å²) in [6, 6.07) is 21.5. The van der Waals surface area contributed by atoms with Crippen LogP contribution in [0.2, 0.25) is 0 Å². The molecule has 0 saturated heterocycles. The van der Waals surface area contributed by atoms with Crippen molar-refractivity contribution in [2.24, 2.45) is 0 Å². The molecule has 4 aromatic carbocycles. The molecular formula is C29H18F3O. The second-order valence-corrected chi connectivity index (χ2v) is 8.25. The Morgan fingerprint density at radius 3 is 1.88 bits per heavy atom. The van der Waals surface area contributed by atoms with E-state index in [0.717, 1.165) is 50.9 Å². The SMILES string of the molecule is FC(F)(F)c1ccc(C2([C]3[CH][CH][CH][CH]3)C=Cc3c(c4ccccc4c4ccccc34)O2)cc1. The van der Waals surface area contributed by atoms with E-state index in [1.807, 2.05) is 68.2 Å². The predicted molar refractivity (Wildman–Crippen MR) is 125 cm³/mol. The molecule has 5 radical (unpaired) electrons. The summed E-state index contributed by atoms with van der Waals surface area (Å²) in [5.74, 6) is 1.59. The van der Waals surface area contributed by atoms with Crippen molar-refractivity contribution in [1.29, 1.82) is 0 Å². The summed E-state index contributed by atoms with van der Waals surface area (Å²) in [5, 5.41) is 4.26. The zero-order valence-corrected chi connectivity index (χ0v) is 17.4. The third kappa shape index (κ3) is 3.15. The van der Waals surface area contributed by atoms with E-state index in [1.54, 1.807) is 0 Å². The van der Waals surface area contributed by atoms with Gasteiger partial charge in [0.25, 0.3) is 0 Å². The normalized spacial score (nSPS) is 20.8. The van der Waals surface area contributed by atoms with Gasteiger partial charge in [0.2, 0.25) is 0 Å². The topological polar surface area (TPSA) is 9.23 Å². The van der Waals surface area contributed by atoms with Gasteiger partial charge in [-0.1, -0.05) is 66.7 Å². The first kappa shape index (κ1) is 20.3. The minimum atomic E-state index is -4.39. The molecule has 4 heteroatoms. The maximum Gasteiger partial charge on any atom is 0.416 e. The van der Waals surface area contributed by atoms with Crippen molar-refractivity contribution < 1.29 is 17.9 Å². The van der Waals surface area contributed by atoms with Crippen LogP contribution in [0.3, 0.4) is 0 Å². The number of fused-ring (bicyclic) bond motifs is 6. The van der Waals surface area contributed by atoms with Crippen LogP contribution in [0.25, 0.3) is 27.6 Å². The molecule has 1 unspecified atom stereocenters. The summed E-state index contributed by atoms with van der Waals surface area (Å²) in [4.78, 5) is 0. The standard InChI is InChI=1S/C29H18F3O/c30-29(31,32)21-15-13-20(14-16-21)28(19-7-1-2-8-19)18-17-26-24-11-4-3-9-22(24)23-10-5-6-12-25(23)27(26)33-28/h1-18H. The van der Waals surface area contributed by atoms with Gasteiger partial charge in [-0.25, -0.2) is 0 Å². The van der Waals surface area contributed by atoms with Gasteiger partial charge < -0.3 is 4.74 Å². The van der Waals surface area contributed by atoms with Crippen molar-refractivity contribution in [2.75, 3.05) is 0 Å². The molecule has 0 N–H and O–H groups in total. The Labute approximate surface area is 190 Å². The number of halogens is 3. The first-order valence-electron chi connectivity index (χ1n) is 10.7. The van der Waals surface area contributed by atoms with Crippen molar-refractivity contribution in [1.82, 2.24) is 0 Å². The summed E-state index contributed by atoms with van der Waals surface area (Å²) in [6.07, 6.45) is 7.30. The lowest BCUT2D eigenvalue weighted by Gasteiger charge is -2.40. The summed E-state index contributed by atoms with van der Waals surface area (Å²) in [5.41, 5.74) is -0.106. The molecule has 0 bridgehead atoms. The van der Waals surface area contributed by atoms with Crippen LogP contribution in [0.1, 0.15) is 16.7 Å². The highest BCUT2D eigenvalue weighted by molar-refractivity contribution is 6.14. The van der Waals surface area contributed by atoms with Crippen molar-refractivity contribution in [3.05, 3.63) is 127 Å². The van der Waals surface area contributed by atoms with Gasteiger partial charge in [0.05, 0.1) is 5.56 Å². The molecule has 33 heavy (non-hydrogen) atoms. The maximum atomic E-state index is 13.2. The Kier molecular flexibility index (Phi) is 4.55. The van der Waals surface area contributed by atoms with E-state index in [-0.39, 0.29) is 0 Å².